The van der Waals surface area contributed by atoms with Gasteiger partial charge in [0.2, 0.25) is 5.91 Å². The van der Waals surface area contributed by atoms with Crippen molar-refractivity contribution < 1.29 is 9.18 Å². The maximum absolute atomic E-state index is 13.5. The molecule has 7 heteroatoms. The van der Waals surface area contributed by atoms with Gasteiger partial charge >= 0.3 is 0 Å². The molecule has 2 heterocycles. The molecule has 0 spiro atoms. The average Bonchev–Trinajstić information content (AvgIpc) is 3.44. The highest BCUT2D eigenvalue weighted by molar-refractivity contribution is 5.80. The van der Waals surface area contributed by atoms with Gasteiger partial charge in [-0.2, -0.15) is 0 Å². The fourth-order valence-electron chi connectivity index (χ4n) is 4.42. The zero-order chi connectivity index (χ0) is 20.9. The maximum Gasteiger partial charge on any atom is 0.228 e. The lowest BCUT2D eigenvalue weighted by molar-refractivity contribution is -0.134. The highest BCUT2D eigenvalue weighted by atomic mass is 19.1. The van der Waals surface area contributed by atoms with Crippen molar-refractivity contribution in [1.29, 1.82) is 0 Å². The van der Waals surface area contributed by atoms with Crippen molar-refractivity contribution in [1.82, 2.24) is 26.6 Å². The molecule has 160 valence electrons. The number of amides is 1. The number of halogens is 1. The van der Waals surface area contributed by atoms with Crippen LogP contribution in [0.2, 0.25) is 0 Å². The Hall–Kier alpha value is -2.32. The van der Waals surface area contributed by atoms with Gasteiger partial charge in [-0.25, -0.2) is 9.82 Å². The fourth-order valence-corrected chi connectivity index (χ4v) is 4.42. The molecular formula is C23H30FN5O. The number of hydrazine groups is 2. The first-order valence-corrected chi connectivity index (χ1v) is 10.7. The van der Waals surface area contributed by atoms with Gasteiger partial charge in [-0.05, 0) is 42.5 Å². The van der Waals surface area contributed by atoms with Crippen LogP contribution >= 0.6 is 0 Å². The summed E-state index contributed by atoms with van der Waals surface area (Å²) < 4.78 is 13.5. The Morgan fingerprint density at radius 3 is 2.67 bits per heavy atom. The number of hydrogen-bond donors (Lipinski definition) is 4. The van der Waals surface area contributed by atoms with E-state index in [4.69, 9.17) is 0 Å². The summed E-state index contributed by atoms with van der Waals surface area (Å²) in [6.45, 7) is 1.35. The van der Waals surface area contributed by atoms with Crippen LogP contribution in [-0.4, -0.2) is 37.0 Å². The molecule has 2 aliphatic rings. The highest BCUT2D eigenvalue weighted by Crippen LogP contribution is 2.27. The molecule has 0 bridgehead atoms. The molecule has 4 rings (SSSR count). The van der Waals surface area contributed by atoms with Gasteiger partial charge in [0.05, 0.1) is 12.0 Å². The molecule has 6 nitrogen and oxygen atoms in total. The smallest absolute Gasteiger partial charge is 0.228 e. The minimum Gasteiger partial charge on any atom is -0.345 e. The fraction of sp³-hybridized carbons (Fsp3) is 0.435. The number of nitrogens with zero attached hydrogens (tertiary/aromatic N) is 1. The van der Waals surface area contributed by atoms with Gasteiger partial charge in [-0.3, -0.25) is 21.1 Å². The molecule has 4 N–H and O–H groups in total. The Labute approximate surface area is 177 Å². The Kier molecular flexibility index (Phi) is 6.74. The Balaban J connectivity index is 1.24. The third kappa shape index (κ3) is 4.87. The van der Waals surface area contributed by atoms with E-state index in [1.165, 1.54) is 6.07 Å². The molecule has 1 amide bonds. The number of nitrogens with one attached hydrogen (secondary N) is 4. The molecule has 0 aliphatic carbocycles. The first-order valence-electron chi connectivity index (χ1n) is 10.7. The summed E-state index contributed by atoms with van der Waals surface area (Å²) in [7, 11) is 1.89. The summed E-state index contributed by atoms with van der Waals surface area (Å²) in [6.07, 6.45) is 2.79. The lowest BCUT2D eigenvalue weighted by Gasteiger charge is -2.25. The summed E-state index contributed by atoms with van der Waals surface area (Å²) in [4.78, 5) is 14.9. The van der Waals surface area contributed by atoms with Crippen LogP contribution in [0.1, 0.15) is 42.5 Å². The van der Waals surface area contributed by atoms with Crippen LogP contribution in [-0.2, 0) is 4.79 Å². The van der Waals surface area contributed by atoms with Gasteiger partial charge in [0.15, 0.2) is 0 Å². The molecular weight excluding hydrogens is 381 g/mol. The molecule has 4 atom stereocenters. The highest BCUT2D eigenvalue weighted by Gasteiger charge is 2.35. The van der Waals surface area contributed by atoms with Crippen LogP contribution in [0.4, 0.5) is 4.39 Å². The summed E-state index contributed by atoms with van der Waals surface area (Å²) >= 11 is 0. The van der Waals surface area contributed by atoms with Crippen molar-refractivity contribution in [2.45, 2.75) is 37.4 Å². The Morgan fingerprint density at radius 1 is 1.07 bits per heavy atom. The van der Waals surface area contributed by atoms with Crippen LogP contribution in [0, 0.1) is 11.7 Å². The van der Waals surface area contributed by atoms with Gasteiger partial charge in [0.1, 0.15) is 5.82 Å². The second kappa shape index (κ2) is 9.66. The third-order valence-electron chi connectivity index (χ3n) is 6.11. The first-order chi connectivity index (χ1) is 14.6. The molecule has 0 radical (unpaired) electrons. The second-order valence-corrected chi connectivity index (χ2v) is 8.25. The Morgan fingerprint density at radius 2 is 1.87 bits per heavy atom. The van der Waals surface area contributed by atoms with Crippen molar-refractivity contribution in [2.75, 3.05) is 20.1 Å². The largest absolute Gasteiger partial charge is 0.345 e. The number of carbonyl (C=O) groups excluding carboxylic acids is 1. The van der Waals surface area contributed by atoms with E-state index in [0.717, 1.165) is 36.9 Å². The second-order valence-electron chi connectivity index (χ2n) is 8.25. The molecule has 2 aliphatic heterocycles. The van der Waals surface area contributed by atoms with Crippen LogP contribution < -0.4 is 21.7 Å². The predicted octanol–water partition coefficient (Wildman–Crippen LogP) is 2.44. The van der Waals surface area contributed by atoms with Crippen molar-refractivity contribution in [3.63, 3.8) is 0 Å². The van der Waals surface area contributed by atoms with Crippen LogP contribution in [0.5, 0.6) is 0 Å². The van der Waals surface area contributed by atoms with Gasteiger partial charge in [0, 0.05) is 32.2 Å². The summed E-state index contributed by atoms with van der Waals surface area (Å²) in [5.74, 6) is -0.153. The lowest BCUT2D eigenvalue weighted by atomic mass is 9.93. The summed E-state index contributed by atoms with van der Waals surface area (Å²) in [5, 5.41) is 0. The number of hydrogen-bond acceptors (Lipinski definition) is 5. The van der Waals surface area contributed by atoms with Crippen molar-refractivity contribution in [2.24, 2.45) is 5.92 Å². The average molecular weight is 412 g/mol. The molecule has 4 unspecified atom stereocenters. The molecule has 0 aromatic heterocycles. The summed E-state index contributed by atoms with van der Waals surface area (Å²) in [5.41, 5.74) is 15.0. The molecule has 2 saturated heterocycles. The van der Waals surface area contributed by atoms with E-state index in [9.17, 15) is 9.18 Å². The number of benzene rings is 2. The van der Waals surface area contributed by atoms with E-state index < -0.39 is 0 Å². The summed E-state index contributed by atoms with van der Waals surface area (Å²) in [6, 6.07) is 17.3. The van der Waals surface area contributed by atoms with Crippen LogP contribution in [0.15, 0.2) is 54.6 Å². The van der Waals surface area contributed by atoms with E-state index in [0.29, 0.717) is 12.6 Å². The van der Waals surface area contributed by atoms with Crippen LogP contribution in [0.3, 0.4) is 0 Å². The monoisotopic (exact) mass is 411 g/mol. The maximum atomic E-state index is 13.5. The number of carbonyl (C=O) groups is 1. The quantitative estimate of drug-likeness (QED) is 0.564. The van der Waals surface area contributed by atoms with E-state index in [1.54, 1.807) is 12.1 Å². The predicted molar refractivity (Wildman–Crippen MR) is 114 cm³/mol. The Bertz CT molecular complexity index is 848. The standard InChI is InChI=1S/C23H30FN5O/c1-29(23(30)20-15-25-28-22(20)16-7-3-2-4-8-16)12-6-11-19-14-21(27-26-19)17-9-5-10-18(24)13-17/h2-5,7-10,13,19-22,25-28H,6,11-12,14-15H2,1H3. The third-order valence-corrected chi connectivity index (χ3v) is 6.11. The van der Waals surface area contributed by atoms with Crippen molar-refractivity contribution in [3.8, 4) is 0 Å². The normalized spacial score (nSPS) is 26.1. The van der Waals surface area contributed by atoms with Crippen molar-refractivity contribution in [3.05, 3.63) is 71.5 Å². The van der Waals surface area contributed by atoms with Gasteiger partial charge in [-0.1, -0.05) is 42.5 Å². The lowest BCUT2D eigenvalue weighted by Crippen LogP contribution is -2.38. The topological polar surface area (TPSA) is 68.4 Å². The minimum absolute atomic E-state index is 0.00567. The van der Waals surface area contributed by atoms with Gasteiger partial charge in [-0.15, -0.1) is 0 Å². The zero-order valence-electron chi connectivity index (χ0n) is 17.3. The molecule has 2 fully saturated rings. The first kappa shape index (κ1) is 20.9. The SMILES string of the molecule is CN(CCCC1CC(c2cccc(F)c2)NN1)C(=O)C1CNNC1c1ccccc1. The van der Waals surface area contributed by atoms with Crippen molar-refractivity contribution >= 4 is 5.91 Å². The van der Waals surface area contributed by atoms with Gasteiger partial charge in [0.25, 0.3) is 0 Å². The molecule has 2 aromatic carbocycles. The molecule has 30 heavy (non-hydrogen) atoms. The van der Waals surface area contributed by atoms with E-state index in [1.807, 2.05) is 36.2 Å². The molecule has 2 aromatic rings. The van der Waals surface area contributed by atoms with E-state index >= 15 is 0 Å². The van der Waals surface area contributed by atoms with E-state index in [2.05, 4.69) is 33.8 Å². The van der Waals surface area contributed by atoms with Crippen LogP contribution in [0.25, 0.3) is 0 Å². The van der Waals surface area contributed by atoms with E-state index in [-0.39, 0.29) is 29.7 Å². The number of rotatable bonds is 7. The van der Waals surface area contributed by atoms with Gasteiger partial charge < -0.3 is 4.90 Å². The molecule has 0 saturated carbocycles. The zero-order valence-corrected chi connectivity index (χ0v) is 17.3. The minimum atomic E-state index is -0.206.